The molecular formula is C29H40ClN5O8. The second-order valence-electron chi connectivity index (χ2n) is 11.5. The minimum atomic E-state index is -2.72. The van der Waals surface area contributed by atoms with Gasteiger partial charge in [0.2, 0.25) is 11.7 Å². The number of nitrogens with two attached hydrogens (primary N) is 1. The molecule has 1 aromatic carbocycles. The molecule has 0 bridgehead atoms. The van der Waals surface area contributed by atoms with Crippen LogP contribution in [0.5, 0.6) is 5.75 Å². The maximum atomic E-state index is 14.1. The van der Waals surface area contributed by atoms with E-state index in [9.17, 15) is 39.6 Å². The fraction of sp³-hybridized carbons (Fsp3) is 0.517. The van der Waals surface area contributed by atoms with Crippen LogP contribution in [0.2, 0.25) is 0 Å². The first-order valence-corrected chi connectivity index (χ1v) is 13.8. The van der Waals surface area contributed by atoms with Crippen LogP contribution in [-0.4, -0.2) is 113 Å². The lowest BCUT2D eigenvalue weighted by Crippen LogP contribution is -2.65. The van der Waals surface area contributed by atoms with Crippen molar-refractivity contribution in [3.05, 3.63) is 34.1 Å². The molecule has 1 fully saturated rings. The smallest absolute Gasteiger partial charge is 0.255 e. The highest BCUT2D eigenvalue weighted by atomic mass is 35.5. The number of rotatable bonds is 8. The predicted molar refractivity (Wildman–Crippen MR) is 162 cm³/mol. The molecule has 2 unspecified atom stereocenters. The molecule has 1 saturated carbocycles. The van der Waals surface area contributed by atoms with E-state index in [1.165, 1.54) is 4.90 Å². The summed E-state index contributed by atoms with van der Waals surface area (Å²) in [5.74, 6) is -7.67. The molecule has 0 radical (unpaired) electrons. The van der Waals surface area contributed by atoms with Gasteiger partial charge in [-0.2, -0.15) is 0 Å². The van der Waals surface area contributed by atoms with Gasteiger partial charge in [0.15, 0.2) is 11.4 Å². The zero-order chi connectivity index (χ0) is 31.4. The number of aromatic hydroxyl groups is 1. The van der Waals surface area contributed by atoms with Crippen LogP contribution in [-0.2, 0) is 25.6 Å². The number of primary amides is 1. The standard InChI is InChI=1S/C29H39N5O8.ClH/c1-7-34(8-2)12-18(35)31-16-11-17(32(3)4)14-9-13-10-15-22(33(5)6)25(38)21(28(30)41)27(40)29(15,42)26(39)19(13)24(37)20(14)23(16)36;/h11,13,15,22,36-37,40,42H,7-10,12H2,1-6H3,(H2,30,41)(H,31,35);1H/t13?,15?,22-,29-;/m0./s1. The monoisotopic (exact) mass is 621 g/mol. The van der Waals surface area contributed by atoms with Crippen molar-refractivity contribution in [2.45, 2.75) is 38.3 Å². The number of anilines is 2. The molecule has 3 aliphatic carbocycles. The van der Waals surface area contributed by atoms with E-state index in [2.05, 4.69) is 5.32 Å². The Bertz CT molecular complexity index is 1430. The van der Waals surface area contributed by atoms with Gasteiger partial charge in [-0.3, -0.25) is 29.0 Å². The highest BCUT2D eigenvalue weighted by Crippen LogP contribution is 2.54. The Hall–Kier alpha value is -3.65. The third-order valence-corrected chi connectivity index (χ3v) is 8.71. The Kier molecular flexibility index (Phi) is 9.57. The number of Topliss-reactive ketones (excluding diaryl/α,β-unsaturated/α-hetero) is 2. The van der Waals surface area contributed by atoms with Gasteiger partial charge in [-0.05, 0) is 57.6 Å². The van der Waals surface area contributed by atoms with E-state index in [1.807, 2.05) is 18.7 Å². The number of carbonyl (C=O) groups is 4. The van der Waals surface area contributed by atoms with E-state index in [-0.39, 0.29) is 54.5 Å². The van der Waals surface area contributed by atoms with E-state index in [0.29, 0.717) is 24.3 Å². The Morgan fingerprint density at radius 3 is 2.21 bits per heavy atom. The molecule has 2 amide bonds. The van der Waals surface area contributed by atoms with Crippen LogP contribution in [0.25, 0.3) is 5.76 Å². The lowest BCUT2D eigenvalue weighted by atomic mass is 9.57. The van der Waals surface area contributed by atoms with Gasteiger partial charge in [-0.25, -0.2) is 0 Å². The Morgan fingerprint density at radius 1 is 1.09 bits per heavy atom. The van der Waals surface area contributed by atoms with Gasteiger partial charge in [-0.15, -0.1) is 12.4 Å². The summed E-state index contributed by atoms with van der Waals surface area (Å²) in [6.07, 6.45) is 0.130. The van der Waals surface area contributed by atoms with Crippen LogP contribution in [0.3, 0.4) is 0 Å². The molecule has 7 N–H and O–H groups in total. The zero-order valence-electron chi connectivity index (χ0n) is 25.1. The molecule has 4 rings (SSSR count). The van der Waals surface area contributed by atoms with Crippen LogP contribution in [0.4, 0.5) is 11.4 Å². The average molecular weight is 622 g/mol. The third-order valence-electron chi connectivity index (χ3n) is 8.71. The predicted octanol–water partition coefficient (Wildman–Crippen LogP) is 0.732. The van der Waals surface area contributed by atoms with Crippen molar-refractivity contribution in [2.75, 3.05) is 58.0 Å². The molecule has 1 aromatic rings. The number of halogens is 1. The van der Waals surface area contributed by atoms with Gasteiger partial charge in [0.25, 0.3) is 5.91 Å². The second-order valence-corrected chi connectivity index (χ2v) is 11.5. The minimum absolute atomic E-state index is 0. The fourth-order valence-electron chi connectivity index (χ4n) is 6.63. The number of carbonyl (C=O) groups excluding carboxylic acids is 4. The summed E-state index contributed by atoms with van der Waals surface area (Å²) >= 11 is 0. The van der Waals surface area contributed by atoms with Gasteiger partial charge in [0.1, 0.15) is 22.8 Å². The first-order chi connectivity index (χ1) is 19.6. The van der Waals surface area contributed by atoms with Gasteiger partial charge in [0.05, 0.1) is 23.8 Å². The third kappa shape index (κ3) is 5.24. The summed E-state index contributed by atoms with van der Waals surface area (Å²) in [5, 5.41) is 48.3. The molecule has 0 saturated heterocycles. The summed E-state index contributed by atoms with van der Waals surface area (Å²) in [5.41, 5.74) is 2.54. The first-order valence-electron chi connectivity index (χ1n) is 13.8. The number of fused-ring (bicyclic) bond motifs is 3. The van der Waals surface area contributed by atoms with Gasteiger partial charge >= 0.3 is 0 Å². The normalized spacial score (nSPS) is 24.8. The molecule has 3 aliphatic rings. The van der Waals surface area contributed by atoms with E-state index in [1.54, 1.807) is 39.2 Å². The van der Waals surface area contributed by atoms with Crippen LogP contribution in [0, 0.1) is 11.8 Å². The van der Waals surface area contributed by atoms with Gasteiger partial charge in [0, 0.05) is 31.3 Å². The van der Waals surface area contributed by atoms with Crippen molar-refractivity contribution in [1.29, 1.82) is 0 Å². The Morgan fingerprint density at radius 2 is 1.70 bits per heavy atom. The number of aliphatic hydroxyl groups is 3. The molecule has 0 aromatic heterocycles. The summed E-state index contributed by atoms with van der Waals surface area (Å²) in [6, 6.07) is 0.432. The summed E-state index contributed by atoms with van der Waals surface area (Å²) in [4.78, 5) is 57.3. The summed E-state index contributed by atoms with van der Waals surface area (Å²) < 4.78 is 0. The number of phenolic OH excluding ortho intramolecular Hbond substituents is 1. The zero-order valence-corrected chi connectivity index (χ0v) is 25.9. The maximum Gasteiger partial charge on any atom is 0.255 e. The molecule has 236 valence electrons. The van der Waals surface area contributed by atoms with E-state index in [4.69, 9.17) is 5.73 Å². The van der Waals surface area contributed by atoms with E-state index in [0.717, 1.165) is 0 Å². The van der Waals surface area contributed by atoms with Crippen molar-refractivity contribution in [1.82, 2.24) is 9.80 Å². The number of hydrogen-bond donors (Lipinski definition) is 6. The minimum Gasteiger partial charge on any atom is -0.508 e. The number of hydrogen-bond acceptors (Lipinski definition) is 11. The van der Waals surface area contributed by atoms with Crippen molar-refractivity contribution < 1.29 is 39.6 Å². The molecule has 0 heterocycles. The Labute approximate surface area is 256 Å². The topological polar surface area (TPSA) is 197 Å². The molecule has 0 spiro atoms. The number of aliphatic hydroxyl groups excluding tert-OH is 2. The SMILES string of the molecule is CCN(CC)CC(=O)Nc1cc(N(C)C)c2c(c1O)C(O)=C1C(=O)[C@]3(O)C(O)=C(C(N)=O)C(=O)[C@@H](N(C)C)C3CC1C2.Cl. The van der Waals surface area contributed by atoms with E-state index < -0.39 is 63.8 Å². The second kappa shape index (κ2) is 12.2. The summed E-state index contributed by atoms with van der Waals surface area (Å²) in [7, 11) is 6.61. The van der Waals surface area contributed by atoms with Crippen LogP contribution in [0.1, 0.15) is 31.4 Å². The van der Waals surface area contributed by atoms with E-state index >= 15 is 0 Å². The lowest BCUT2D eigenvalue weighted by molar-refractivity contribution is -0.153. The van der Waals surface area contributed by atoms with Gasteiger partial charge in [-0.1, -0.05) is 13.8 Å². The number of nitrogens with zero attached hydrogens (tertiary/aromatic N) is 3. The number of benzene rings is 1. The molecule has 0 aliphatic heterocycles. The molecule has 43 heavy (non-hydrogen) atoms. The largest absolute Gasteiger partial charge is 0.508 e. The van der Waals surface area contributed by atoms with Crippen molar-refractivity contribution in [3.8, 4) is 5.75 Å². The molecule has 4 atom stereocenters. The molecule has 14 heteroatoms. The van der Waals surface area contributed by atoms with Crippen LogP contribution in [0.15, 0.2) is 23.0 Å². The molecular weight excluding hydrogens is 582 g/mol. The van der Waals surface area contributed by atoms with Crippen LogP contribution >= 0.6 is 12.4 Å². The molecule has 13 nitrogen and oxygen atoms in total. The number of phenols is 1. The average Bonchev–Trinajstić information content (AvgIpc) is 2.90. The number of nitrogens with one attached hydrogen (secondary N) is 1. The Balaban J connectivity index is 0.00000506. The van der Waals surface area contributed by atoms with Crippen LogP contribution < -0.4 is 16.0 Å². The quantitative estimate of drug-likeness (QED) is 0.177. The highest BCUT2D eigenvalue weighted by molar-refractivity contribution is 6.24. The van der Waals surface area contributed by atoms with Crippen molar-refractivity contribution in [2.24, 2.45) is 17.6 Å². The highest BCUT2D eigenvalue weighted by Gasteiger charge is 2.64. The lowest BCUT2D eigenvalue weighted by Gasteiger charge is -2.50. The van der Waals surface area contributed by atoms with Crippen molar-refractivity contribution >= 4 is 52.9 Å². The van der Waals surface area contributed by atoms with Gasteiger partial charge < -0.3 is 36.4 Å². The summed E-state index contributed by atoms with van der Waals surface area (Å²) in [6.45, 7) is 5.19. The first kappa shape index (κ1) is 33.8. The maximum absolute atomic E-state index is 14.1. The number of amides is 2. The van der Waals surface area contributed by atoms with Crippen molar-refractivity contribution in [3.63, 3.8) is 0 Å². The number of ketones is 2. The fourth-order valence-corrected chi connectivity index (χ4v) is 6.63. The number of likely N-dealkylation sites (N-methyl/N-ethyl adjacent to an activating group) is 2.